The van der Waals surface area contributed by atoms with E-state index in [9.17, 15) is 4.21 Å². The molecule has 0 N–H and O–H groups in total. The summed E-state index contributed by atoms with van der Waals surface area (Å²) < 4.78 is 12.8. The van der Waals surface area contributed by atoms with Gasteiger partial charge in [-0.25, -0.2) is 4.21 Å². The Morgan fingerprint density at radius 2 is 1.44 bits per heavy atom. The zero-order chi connectivity index (χ0) is 13.7. The molecule has 98 valence electrons. The topological polar surface area (TPSA) is 17.1 Å². The monoisotopic (exact) mass is 262 g/mol. The molecule has 1 aromatic carbocycles. The average molecular weight is 262 g/mol. The molecule has 18 heavy (non-hydrogen) atoms. The van der Waals surface area contributed by atoms with Gasteiger partial charge in [0.05, 0.1) is 15.7 Å². The van der Waals surface area contributed by atoms with Gasteiger partial charge < -0.3 is 0 Å². The van der Waals surface area contributed by atoms with E-state index in [0.29, 0.717) is 0 Å². The normalized spacial score (nSPS) is 20.2. The Labute approximate surface area is 113 Å². The first-order valence-corrected chi connectivity index (χ1v) is 7.55. The van der Waals surface area contributed by atoms with Gasteiger partial charge in [-0.2, -0.15) is 0 Å². The highest BCUT2D eigenvalue weighted by atomic mass is 32.2. The maximum atomic E-state index is 12.8. The molecule has 1 unspecified atom stereocenters. The van der Waals surface area contributed by atoms with Crippen molar-refractivity contribution in [3.05, 3.63) is 34.7 Å². The molecule has 0 spiro atoms. The SMILES string of the molecule is CC(C)(C)C1=C(C(C)(C)C)S(=O)c2ccccc21. The predicted octanol–water partition coefficient (Wildman–Crippen LogP) is 4.61. The average Bonchev–Trinajstić information content (AvgIpc) is 2.52. The van der Waals surface area contributed by atoms with Gasteiger partial charge in [0.2, 0.25) is 0 Å². The molecule has 0 radical (unpaired) electrons. The fourth-order valence-electron chi connectivity index (χ4n) is 2.56. The van der Waals surface area contributed by atoms with Crippen molar-refractivity contribution in [2.75, 3.05) is 0 Å². The summed E-state index contributed by atoms with van der Waals surface area (Å²) >= 11 is 0. The van der Waals surface area contributed by atoms with Crippen molar-refractivity contribution in [2.24, 2.45) is 10.8 Å². The molecule has 0 fully saturated rings. The molecule has 1 nitrogen and oxygen atoms in total. The van der Waals surface area contributed by atoms with E-state index >= 15 is 0 Å². The summed E-state index contributed by atoms with van der Waals surface area (Å²) in [5.41, 5.74) is 2.40. The number of allylic oxidation sites excluding steroid dienone is 2. The third-order valence-corrected chi connectivity index (χ3v) is 5.14. The molecule has 2 heteroatoms. The van der Waals surface area contributed by atoms with Gasteiger partial charge in [-0.15, -0.1) is 0 Å². The molecule has 0 saturated heterocycles. The molecule has 0 saturated carbocycles. The zero-order valence-electron chi connectivity index (χ0n) is 12.1. The van der Waals surface area contributed by atoms with E-state index in [1.165, 1.54) is 11.1 Å². The maximum absolute atomic E-state index is 12.8. The van der Waals surface area contributed by atoms with Crippen molar-refractivity contribution in [1.82, 2.24) is 0 Å². The zero-order valence-corrected chi connectivity index (χ0v) is 12.9. The molecule has 0 aliphatic carbocycles. The minimum absolute atomic E-state index is 0.0187. The number of hydrogen-bond acceptors (Lipinski definition) is 1. The molecule has 1 aliphatic heterocycles. The van der Waals surface area contributed by atoms with Gasteiger partial charge in [-0.3, -0.25) is 0 Å². The lowest BCUT2D eigenvalue weighted by Gasteiger charge is -2.28. The van der Waals surface area contributed by atoms with Crippen LogP contribution in [0.25, 0.3) is 5.57 Å². The molecule has 0 bridgehead atoms. The van der Waals surface area contributed by atoms with E-state index in [0.717, 1.165) is 9.80 Å². The molecule has 1 aromatic rings. The van der Waals surface area contributed by atoms with Crippen LogP contribution in [-0.2, 0) is 10.8 Å². The summed E-state index contributed by atoms with van der Waals surface area (Å²) in [6.07, 6.45) is 0. The van der Waals surface area contributed by atoms with Crippen LogP contribution in [0, 0.1) is 10.8 Å². The van der Waals surface area contributed by atoms with Crippen LogP contribution in [0.4, 0.5) is 0 Å². The summed E-state index contributed by atoms with van der Waals surface area (Å²) in [6.45, 7) is 13.1. The van der Waals surface area contributed by atoms with Crippen LogP contribution in [-0.4, -0.2) is 4.21 Å². The van der Waals surface area contributed by atoms with Crippen LogP contribution in [0.15, 0.2) is 34.1 Å². The van der Waals surface area contributed by atoms with Crippen molar-refractivity contribution in [1.29, 1.82) is 0 Å². The summed E-state index contributed by atoms with van der Waals surface area (Å²) in [6, 6.07) is 8.11. The third kappa shape index (κ3) is 2.07. The van der Waals surface area contributed by atoms with Crippen LogP contribution in [0.5, 0.6) is 0 Å². The molecular weight excluding hydrogens is 240 g/mol. The van der Waals surface area contributed by atoms with Gasteiger partial charge in [0.25, 0.3) is 0 Å². The fraction of sp³-hybridized carbons (Fsp3) is 0.500. The van der Waals surface area contributed by atoms with Gasteiger partial charge in [-0.1, -0.05) is 59.7 Å². The van der Waals surface area contributed by atoms with Gasteiger partial charge in [0.15, 0.2) is 0 Å². The van der Waals surface area contributed by atoms with Crippen molar-refractivity contribution in [2.45, 2.75) is 46.4 Å². The highest BCUT2D eigenvalue weighted by molar-refractivity contribution is 7.89. The van der Waals surface area contributed by atoms with Crippen LogP contribution in [0.2, 0.25) is 0 Å². The Bertz CT molecular complexity index is 539. The standard InChI is InChI=1S/C16H22OS/c1-15(2,3)13-11-9-7-8-10-12(11)18(17)14(13)16(4,5)6/h7-10H,1-6H3. The predicted molar refractivity (Wildman–Crippen MR) is 78.7 cm³/mol. The van der Waals surface area contributed by atoms with Crippen molar-refractivity contribution in [3.63, 3.8) is 0 Å². The Morgan fingerprint density at radius 3 is 1.94 bits per heavy atom. The van der Waals surface area contributed by atoms with E-state index in [4.69, 9.17) is 0 Å². The molecule has 1 aliphatic rings. The number of hydrogen-bond donors (Lipinski definition) is 0. The third-order valence-electron chi connectivity index (χ3n) is 3.20. The lowest BCUT2D eigenvalue weighted by Crippen LogP contribution is -2.17. The van der Waals surface area contributed by atoms with Crippen molar-refractivity contribution >= 4 is 16.4 Å². The van der Waals surface area contributed by atoms with Gasteiger partial charge in [0.1, 0.15) is 0 Å². The molecule has 1 atom stereocenters. The lowest BCUT2D eigenvalue weighted by atomic mass is 9.78. The number of benzene rings is 1. The van der Waals surface area contributed by atoms with E-state index in [1.54, 1.807) is 0 Å². The highest BCUT2D eigenvalue weighted by Crippen LogP contribution is 2.51. The second-order valence-electron chi connectivity index (χ2n) is 6.97. The first kappa shape index (κ1) is 13.5. The quantitative estimate of drug-likeness (QED) is 0.667. The van der Waals surface area contributed by atoms with E-state index in [2.05, 4.69) is 47.6 Å². The van der Waals surface area contributed by atoms with Crippen molar-refractivity contribution < 1.29 is 4.21 Å². The lowest BCUT2D eigenvalue weighted by molar-refractivity contribution is 0.507. The van der Waals surface area contributed by atoms with Gasteiger partial charge >= 0.3 is 0 Å². The van der Waals surface area contributed by atoms with Gasteiger partial charge in [0, 0.05) is 4.91 Å². The smallest absolute Gasteiger partial charge is 0.0823 e. The molecular formula is C16H22OS. The van der Waals surface area contributed by atoms with E-state index < -0.39 is 10.8 Å². The summed E-state index contributed by atoms with van der Waals surface area (Å²) in [7, 11) is -1.00. The highest BCUT2D eigenvalue weighted by Gasteiger charge is 2.39. The van der Waals surface area contributed by atoms with Crippen LogP contribution < -0.4 is 0 Å². The number of fused-ring (bicyclic) bond motifs is 1. The van der Waals surface area contributed by atoms with Crippen molar-refractivity contribution in [3.8, 4) is 0 Å². The first-order valence-electron chi connectivity index (χ1n) is 6.40. The first-order chi connectivity index (χ1) is 8.14. The van der Waals surface area contributed by atoms with E-state index in [1.807, 2.05) is 18.2 Å². The number of rotatable bonds is 0. The Kier molecular flexibility index (Phi) is 3.05. The summed E-state index contributed by atoms with van der Waals surface area (Å²) in [4.78, 5) is 2.07. The summed E-state index contributed by atoms with van der Waals surface area (Å²) in [5.74, 6) is 0. The largest absolute Gasteiger partial charge is 0.249 e. The van der Waals surface area contributed by atoms with E-state index in [-0.39, 0.29) is 10.8 Å². The van der Waals surface area contributed by atoms with Crippen LogP contribution >= 0.6 is 0 Å². The molecule has 2 rings (SSSR count). The fourth-order valence-corrected chi connectivity index (χ4v) is 4.51. The van der Waals surface area contributed by atoms with Gasteiger partial charge in [-0.05, 0) is 28.0 Å². The molecule has 1 heterocycles. The molecule has 0 aromatic heterocycles. The maximum Gasteiger partial charge on any atom is 0.0823 e. The second kappa shape index (κ2) is 4.06. The minimum atomic E-state index is -1.00. The van der Waals surface area contributed by atoms with Crippen LogP contribution in [0.3, 0.4) is 0 Å². The Hall–Kier alpha value is -0.890. The minimum Gasteiger partial charge on any atom is -0.249 e. The Balaban J connectivity index is 2.79. The Morgan fingerprint density at radius 1 is 0.889 bits per heavy atom. The second-order valence-corrected chi connectivity index (χ2v) is 8.35. The van der Waals surface area contributed by atoms with Crippen LogP contribution in [0.1, 0.15) is 47.1 Å². The molecule has 0 amide bonds. The summed E-state index contributed by atoms with van der Waals surface area (Å²) in [5, 5.41) is 0.